The minimum atomic E-state index is -0.0766. The fraction of sp³-hybridized carbons (Fsp3) is 0.471. The fourth-order valence-electron chi connectivity index (χ4n) is 2.84. The van der Waals surface area contributed by atoms with E-state index in [1.54, 1.807) is 0 Å². The van der Waals surface area contributed by atoms with Gasteiger partial charge in [0.15, 0.2) is 5.16 Å². The molecular formula is C17H21ClN4OS. The lowest BCUT2D eigenvalue weighted by molar-refractivity contribution is -0.119. The normalized spacial score (nSPS) is 15.4. The number of aromatic nitrogens is 3. The minimum absolute atomic E-state index is 0.0153. The number of fused-ring (bicyclic) bond motifs is 1. The molecule has 1 atom stereocenters. The van der Waals surface area contributed by atoms with E-state index >= 15 is 0 Å². The molecule has 1 aromatic carbocycles. The molecule has 3 rings (SSSR count). The first-order chi connectivity index (χ1) is 11.6. The molecule has 1 aromatic heterocycles. The highest BCUT2D eigenvalue weighted by Gasteiger charge is 2.17. The Morgan fingerprint density at radius 3 is 3.08 bits per heavy atom. The summed E-state index contributed by atoms with van der Waals surface area (Å²) in [4.78, 5) is 12.2. The molecule has 1 N–H and O–H groups in total. The van der Waals surface area contributed by atoms with Crippen LogP contribution in [0.5, 0.6) is 0 Å². The Bertz CT molecular complexity index is 718. The van der Waals surface area contributed by atoms with Crippen molar-refractivity contribution < 1.29 is 4.79 Å². The molecule has 7 heteroatoms. The van der Waals surface area contributed by atoms with Crippen LogP contribution in [0.1, 0.15) is 43.6 Å². The lowest BCUT2D eigenvalue weighted by Crippen LogP contribution is -2.28. The number of rotatable bonds is 5. The topological polar surface area (TPSA) is 59.8 Å². The van der Waals surface area contributed by atoms with E-state index in [0.717, 1.165) is 35.9 Å². The molecule has 2 heterocycles. The van der Waals surface area contributed by atoms with Crippen molar-refractivity contribution >= 4 is 29.3 Å². The van der Waals surface area contributed by atoms with Crippen LogP contribution in [0.2, 0.25) is 5.02 Å². The van der Waals surface area contributed by atoms with Gasteiger partial charge in [-0.1, -0.05) is 41.9 Å². The molecule has 128 valence electrons. The molecule has 0 aliphatic carbocycles. The predicted octanol–water partition coefficient (Wildman–Crippen LogP) is 3.63. The molecule has 1 aliphatic heterocycles. The van der Waals surface area contributed by atoms with Crippen molar-refractivity contribution in [1.82, 2.24) is 20.1 Å². The molecule has 2 aromatic rings. The van der Waals surface area contributed by atoms with Crippen molar-refractivity contribution in [2.75, 3.05) is 5.75 Å². The number of amides is 1. The van der Waals surface area contributed by atoms with Crippen molar-refractivity contribution in [2.45, 2.75) is 50.4 Å². The first-order valence-electron chi connectivity index (χ1n) is 8.23. The summed E-state index contributed by atoms with van der Waals surface area (Å²) in [5, 5.41) is 13.0. The fourth-order valence-corrected chi connectivity index (χ4v) is 3.83. The number of carbonyl (C=O) groups excluding carboxylic acids is 1. The first-order valence-corrected chi connectivity index (χ1v) is 9.59. The lowest BCUT2D eigenvalue weighted by Gasteiger charge is -2.14. The molecule has 24 heavy (non-hydrogen) atoms. The van der Waals surface area contributed by atoms with Gasteiger partial charge in [0.2, 0.25) is 5.91 Å². The molecule has 0 bridgehead atoms. The molecule has 0 unspecified atom stereocenters. The van der Waals surface area contributed by atoms with Crippen molar-refractivity contribution in [2.24, 2.45) is 0 Å². The highest BCUT2D eigenvalue weighted by molar-refractivity contribution is 7.99. The van der Waals surface area contributed by atoms with Gasteiger partial charge in [-0.05, 0) is 37.5 Å². The monoisotopic (exact) mass is 364 g/mol. The van der Waals surface area contributed by atoms with E-state index in [1.807, 2.05) is 31.2 Å². The van der Waals surface area contributed by atoms with Crippen LogP contribution in [-0.2, 0) is 17.8 Å². The van der Waals surface area contributed by atoms with Crippen molar-refractivity contribution in [3.63, 3.8) is 0 Å². The second kappa shape index (κ2) is 8.03. The third-order valence-electron chi connectivity index (χ3n) is 4.13. The zero-order valence-electron chi connectivity index (χ0n) is 13.7. The number of nitrogens with one attached hydrogen (secondary N) is 1. The SMILES string of the molecule is C[C@H](NC(=O)CSc1nnc2n1CCCCC2)c1cccc(Cl)c1. The number of aryl methyl sites for hydroxylation is 1. The Morgan fingerprint density at radius 2 is 2.25 bits per heavy atom. The summed E-state index contributed by atoms with van der Waals surface area (Å²) < 4.78 is 2.16. The first kappa shape index (κ1) is 17.3. The van der Waals surface area contributed by atoms with Crippen molar-refractivity contribution in [1.29, 1.82) is 0 Å². The molecule has 0 saturated carbocycles. The van der Waals surface area contributed by atoms with E-state index in [0.29, 0.717) is 10.8 Å². The predicted molar refractivity (Wildman–Crippen MR) is 96.3 cm³/mol. The Morgan fingerprint density at radius 1 is 1.38 bits per heavy atom. The number of benzene rings is 1. The number of hydrogen-bond acceptors (Lipinski definition) is 4. The highest BCUT2D eigenvalue weighted by Crippen LogP contribution is 2.22. The zero-order valence-corrected chi connectivity index (χ0v) is 15.2. The average molecular weight is 365 g/mol. The van der Waals surface area contributed by atoms with Gasteiger partial charge in [-0.2, -0.15) is 0 Å². The van der Waals surface area contributed by atoms with Gasteiger partial charge in [0.25, 0.3) is 0 Å². The number of thioether (sulfide) groups is 1. The van der Waals surface area contributed by atoms with E-state index in [4.69, 9.17) is 11.6 Å². The Kier molecular flexibility index (Phi) is 5.79. The Balaban J connectivity index is 1.55. The summed E-state index contributed by atoms with van der Waals surface area (Å²) in [5.41, 5.74) is 0.997. The van der Waals surface area contributed by atoms with Gasteiger partial charge in [0, 0.05) is 18.0 Å². The van der Waals surface area contributed by atoms with E-state index in [1.165, 1.54) is 24.6 Å². The number of hydrogen-bond donors (Lipinski definition) is 1. The van der Waals surface area contributed by atoms with Crippen LogP contribution in [0.3, 0.4) is 0 Å². The van der Waals surface area contributed by atoms with Gasteiger partial charge in [-0.15, -0.1) is 10.2 Å². The summed E-state index contributed by atoms with van der Waals surface area (Å²) in [6.45, 7) is 2.91. The van der Waals surface area contributed by atoms with Crippen molar-refractivity contribution in [3.05, 3.63) is 40.7 Å². The second-order valence-electron chi connectivity index (χ2n) is 5.99. The summed E-state index contributed by atoms with van der Waals surface area (Å²) >= 11 is 7.45. The van der Waals surface area contributed by atoms with Gasteiger partial charge >= 0.3 is 0 Å². The van der Waals surface area contributed by atoms with Gasteiger partial charge in [-0.3, -0.25) is 4.79 Å². The lowest BCUT2D eigenvalue weighted by atomic mass is 10.1. The molecular weight excluding hydrogens is 344 g/mol. The van der Waals surface area contributed by atoms with Crippen LogP contribution < -0.4 is 5.32 Å². The summed E-state index contributed by atoms with van der Waals surface area (Å²) in [6, 6.07) is 7.47. The second-order valence-corrected chi connectivity index (χ2v) is 7.37. The maximum absolute atomic E-state index is 12.2. The van der Waals surface area contributed by atoms with Crippen LogP contribution >= 0.6 is 23.4 Å². The summed E-state index contributed by atoms with van der Waals surface area (Å²) in [6.07, 6.45) is 4.52. The number of halogens is 1. The molecule has 5 nitrogen and oxygen atoms in total. The largest absolute Gasteiger partial charge is 0.349 e. The van der Waals surface area contributed by atoms with E-state index in [-0.39, 0.29) is 11.9 Å². The van der Waals surface area contributed by atoms with Gasteiger partial charge in [0.1, 0.15) is 5.82 Å². The Hall–Kier alpha value is -1.53. The minimum Gasteiger partial charge on any atom is -0.349 e. The highest BCUT2D eigenvalue weighted by atomic mass is 35.5. The molecule has 0 radical (unpaired) electrons. The Labute approximate surface area is 151 Å². The standard InChI is InChI=1S/C17H21ClN4OS/c1-12(13-6-5-7-14(18)10-13)19-16(23)11-24-17-21-20-15-8-3-2-4-9-22(15)17/h5-7,10,12H,2-4,8-9,11H2,1H3,(H,19,23)/t12-/m0/s1. The van der Waals surface area contributed by atoms with E-state index in [2.05, 4.69) is 20.1 Å². The number of nitrogens with zero attached hydrogens (tertiary/aromatic N) is 3. The smallest absolute Gasteiger partial charge is 0.230 e. The third-order valence-corrected chi connectivity index (χ3v) is 5.34. The van der Waals surface area contributed by atoms with Crippen LogP contribution in [0.4, 0.5) is 0 Å². The van der Waals surface area contributed by atoms with Crippen molar-refractivity contribution in [3.8, 4) is 0 Å². The molecule has 1 aliphatic rings. The summed E-state index contributed by atoms with van der Waals surface area (Å²) in [5.74, 6) is 1.37. The zero-order chi connectivity index (χ0) is 16.9. The molecule has 0 fully saturated rings. The maximum Gasteiger partial charge on any atom is 0.230 e. The molecule has 0 spiro atoms. The van der Waals surface area contributed by atoms with E-state index < -0.39 is 0 Å². The van der Waals surface area contributed by atoms with Gasteiger partial charge in [-0.25, -0.2) is 0 Å². The number of carbonyl (C=O) groups is 1. The molecule has 0 saturated heterocycles. The maximum atomic E-state index is 12.2. The van der Waals surface area contributed by atoms with Crippen LogP contribution in [0.25, 0.3) is 0 Å². The average Bonchev–Trinajstić information content (AvgIpc) is 2.79. The van der Waals surface area contributed by atoms with Gasteiger partial charge in [0.05, 0.1) is 11.8 Å². The molecule has 1 amide bonds. The van der Waals surface area contributed by atoms with Crippen LogP contribution in [0, 0.1) is 0 Å². The third kappa shape index (κ3) is 4.30. The summed E-state index contributed by atoms with van der Waals surface area (Å²) in [7, 11) is 0. The van der Waals surface area contributed by atoms with E-state index in [9.17, 15) is 4.79 Å². The van der Waals surface area contributed by atoms with Crippen LogP contribution in [-0.4, -0.2) is 26.4 Å². The van der Waals surface area contributed by atoms with Gasteiger partial charge < -0.3 is 9.88 Å². The van der Waals surface area contributed by atoms with Crippen LogP contribution in [0.15, 0.2) is 29.4 Å². The quantitative estimate of drug-likeness (QED) is 0.823.